The highest BCUT2D eigenvalue weighted by Gasteiger charge is 2.37. The van der Waals surface area contributed by atoms with Gasteiger partial charge in [-0.3, -0.25) is 14.5 Å². The van der Waals surface area contributed by atoms with Crippen molar-refractivity contribution in [2.45, 2.75) is 16.6 Å². The number of carbonyl (C=O) groups is 2. The highest BCUT2D eigenvalue weighted by atomic mass is 35.6. The standard InChI is InChI=1S/C22H15Cl3N2O5S2/c23-22(24,25)20(26-18(28)16-4-2-10-31-16)32-14-7-5-13(6-8-14)11-17-19(29)27(21(33)34-17)12-15-3-1-9-30-15/h1-11,20H,12H2,(H,26,28)/b17-11-/t20-/m0/s1. The van der Waals surface area contributed by atoms with Gasteiger partial charge in [0.2, 0.25) is 10.0 Å². The topological polar surface area (TPSA) is 84.9 Å². The van der Waals surface area contributed by atoms with E-state index in [0.29, 0.717) is 20.7 Å². The molecule has 3 heterocycles. The molecular formula is C22H15Cl3N2O5S2. The maximum atomic E-state index is 12.8. The Labute approximate surface area is 218 Å². The van der Waals surface area contributed by atoms with E-state index < -0.39 is 15.9 Å². The molecule has 2 aromatic heterocycles. The molecule has 4 rings (SSSR count). The molecule has 0 saturated carbocycles. The zero-order chi connectivity index (χ0) is 24.3. The predicted molar refractivity (Wildman–Crippen MR) is 135 cm³/mol. The first-order chi connectivity index (χ1) is 16.2. The molecule has 12 heteroatoms. The van der Waals surface area contributed by atoms with Crippen molar-refractivity contribution in [1.82, 2.24) is 10.2 Å². The van der Waals surface area contributed by atoms with Crippen LogP contribution in [0.2, 0.25) is 0 Å². The molecule has 0 unspecified atom stereocenters. The maximum absolute atomic E-state index is 12.8. The summed E-state index contributed by atoms with van der Waals surface area (Å²) >= 11 is 24.5. The van der Waals surface area contributed by atoms with Crippen LogP contribution >= 0.6 is 58.8 Å². The molecule has 1 N–H and O–H groups in total. The number of carbonyl (C=O) groups excluding carboxylic acids is 2. The van der Waals surface area contributed by atoms with Gasteiger partial charge in [0.25, 0.3) is 11.8 Å². The third-order valence-corrected chi connectivity index (χ3v) is 6.48. The number of alkyl halides is 3. The number of hydrogen-bond acceptors (Lipinski definition) is 7. The first-order valence-corrected chi connectivity index (χ1v) is 12.0. The lowest BCUT2D eigenvalue weighted by Crippen LogP contribution is -2.47. The minimum Gasteiger partial charge on any atom is -0.467 e. The molecule has 176 valence electrons. The molecule has 1 aliphatic heterocycles. The monoisotopic (exact) mass is 556 g/mol. The summed E-state index contributed by atoms with van der Waals surface area (Å²) in [6.07, 6.45) is 3.32. The normalized spacial score (nSPS) is 16.2. The van der Waals surface area contributed by atoms with E-state index in [4.69, 9.17) is 60.6 Å². The number of halogens is 3. The van der Waals surface area contributed by atoms with E-state index in [2.05, 4.69) is 5.32 Å². The molecule has 1 aliphatic rings. The third-order valence-electron chi connectivity index (χ3n) is 4.50. The number of ether oxygens (including phenoxy) is 1. The second-order valence-electron chi connectivity index (χ2n) is 6.91. The van der Waals surface area contributed by atoms with E-state index in [9.17, 15) is 9.59 Å². The number of nitrogens with zero attached hydrogens (tertiary/aromatic N) is 1. The van der Waals surface area contributed by atoms with E-state index in [1.165, 1.54) is 29.0 Å². The maximum Gasteiger partial charge on any atom is 0.289 e. The van der Waals surface area contributed by atoms with Crippen molar-refractivity contribution < 1.29 is 23.2 Å². The van der Waals surface area contributed by atoms with Gasteiger partial charge in [0, 0.05) is 0 Å². The average Bonchev–Trinajstić information content (AvgIpc) is 3.54. The van der Waals surface area contributed by atoms with Gasteiger partial charge in [-0.1, -0.05) is 70.9 Å². The van der Waals surface area contributed by atoms with Gasteiger partial charge in [0.15, 0.2) is 5.76 Å². The van der Waals surface area contributed by atoms with Gasteiger partial charge in [-0.15, -0.1) is 0 Å². The van der Waals surface area contributed by atoms with Crippen LogP contribution < -0.4 is 10.1 Å². The fraction of sp³-hybridized carbons (Fsp3) is 0.136. The Morgan fingerprint density at radius 1 is 1.15 bits per heavy atom. The molecule has 0 bridgehead atoms. The Bertz CT molecular complexity index is 1210. The molecule has 1 fully saturated rings. The van der Waals surface area contributed by atoms with Crippen molar-refractivity contribution in [1.29, 1.82) is 0 Å². The van der Waals surface area contributed by atoms with Crippen LogP contribution in [0, 0.1) is 0 Å². The lowest BCUT2D eigenvalue weighted by Gasteiger charge is -2.26. The number of nitrogens with one attached hydrogen (secondary N) is 1. The molecule has 1 aromatic carbocycles. The van der Waals surface area contributed by atoms with E-state index >= 15 is 0 Å². The van der Waals surface area contributed by atoms with Gasteiger partial charge in [-0.2, -0.15) is 0 Å². The summed E-state index contributed by atoms with van der Waals surface area (Å²) in [6.45, 7) is 0.268. The Morgan fingerprint density at radius 2 is 1.85 bits per heavy atom. The van der Waals surface area contributed by atoms with Gasteiger partial charge < -0.3 is 18.9 Å². The summed E-state index contributed by atoms with van der Waals surface area (Å²) in [7, 11) is 0. The molecule has 0 spiro atoms. The molecule has 0 radical (unpaired) electrons. The number of amides is 2. The molecule has 1 saturated heterocycles. The molecular weight excluding hydrogens is 543 g/mol. The molecule has 7 nitrogen and oxygen atoms in total. The van der Waals surface area contributed by atoms with Crippen LogP contribution in [0.4, 0.5) is 0 Å². The van der Waals surface area contributed by atoms with E-state index in [0.717, 1.165) is 5.56 Å². The lowest BCUT2D eigenvalue weighted by molar-refractivity contribution is -0.122. The first kappa shape index (κ1) is 24.7. The highest BCUT2D eigenvalue weighted by molar-refractivity contribution is 8.26. The van der Waals surface area contributed by atoms with Crippen molar-refractivity contribution in [3.63, 3.8) is 0 Å². The summed E-state index contributed by atoms with van der Waals surface area (Å²) < 4.78 is 14.5. The predicted octanol–water partition coefficient (Wildman–Crippen LogP) is 5.78. The Kier molecular flexibility index (Phi) is 7.59. The molecule has 0 aliphatic carbocycles. The van der Waals surface area contributed by atoms with Crippen molar-refractivity contribution in [2.24, 2.45) is 0 Å². The van der Waals surface area contributed by atoms with Gasteiger partial charge in [0.05, 0.1) is 24.0 Å². The number of rotatable bonds is 7. The smallest absolute Gasteiger partial charge is 0.289 e. The summed E-state index contributed by atoms with van der Waals surface area (Å²) in [5, 5.41) is 2.48. The van der Waals surface area contributed by atoms with Crippen LogP contribution in [0.3, 0.4) is 0 Å². The molecule has 34 heavy (non-hydrogen) atoms. The number of furan rings is 2. The zero-order valence-corrected chi connectivity index (χ0v) is 21.0. The fourth-order valence-corrected chi connectivity index (χ4v) is 4.45. The summed E-state index contributed by atoms with van der Waals surface area (Å²) in [6, 6.07) is 13.2. The van der Waals surface area contributed by atoms with E-state index in [-0.39, 0.29) is 18.2 Å². The largest absolute Gasteiger partial charge is 0.467 e. The summed E-state index contributed by atoms with van der Waals surface area (Å²) in [5.74, 6) is 0.209. The van der Waals surface area contributed by atoms with E-state index in [1.807, 2.05) is 0 Å². The SMILES string of the molecule is O=C(N[C@@H](Oc1ccc(/C=C2\SC(=S)N(Cc3ccco3)C2=O)cc1)C(Cl)(Cl)Cl)c1ccco1. The van der Waals surface area contributed by atoms with Crippen molar-refractivity contribution in [2.75, 3.05) is 0 Å². The Balaban J connectivity index is 1.43. The van der Waals surface area contributed by atoms with Crippen LogP contribution in [0.5, 0.6) is 5.75 Å². The van der Waals surface area contributed by atoms with Gasteiger partial charge >= 0.3 is 0 Å². The third kappa shape index (κ3) is 5.97. The van der Waals surface area contributed by atoms with Gasteiger partial charge in [-0.05, 0) is 48.0 Å². The summed E-state index contributed by atoms with van der Waals surface area (Å²) in [4.78, 5) is 27.0. The van der Waals surface area contributed by atoms with Crippen molar-refractivity contribution in [3.05, 3.63) is 83.0 Å². The summed E-state index contributed by atoms with van der Waals surface area (Å²) in [5.41, 5.74) is 0.732. The molecule has 3 aromatic rings. The Morgan fingerprint density at radius 3 is 2.47 bits per heavy atom. The van der Waals surface area contributed by atoms with Gasteiger partial charge in [-0.25, -0.2) is 0 Å². The molecule has 2 amide bonds. The minimum atomic E-state index is -1.96. The van der Waals surface area contributed by atoms with Crippen LogP contribution in [0.1, 0.15) is 21.9 Å². The number of thioether (sulfide) groups is 1. The van der Waals surface area contributed by atoms with E-state index in [1.54, 1.807) is 54.8 Å². The zero-order valence-electron chi connectivity index (χ0n) is 17.1. The van der Waals surface area contributed by atoms with Gasteiger partial charge in [0.1, 0.15) is 15.8 Å². The number of hydrogen-bond donors (Lipinski definition) is 1. The van der Waals surface area contributed by atoms with Crippen molar-refractivity contribution in [3.8, 4) is 5.75 Å². The first-order valence-electron chi connectivity index (χ1n) is 9.66. The van der Waals surface area contributed by atoms with Crippen molar-refractivity contribution >= 4 is 81.0 Å². The van der Waals surface area contributed by atoms with Crippen LogP contribution in [-0.4, -0.2) is 31.1 Å². The second kappa shape index (κ2) is 10.5. The quantitative estimate of drug-likeness (QED) is 0.171. The minimum absolute atomic E-state index is 0.0440. The Hall–Kier alpha value is -2.43. The van der Waals surface area contributed by atoms with Crippen LogP contribution in [0.15, 0.2) is 74.8 Å². The second-order valence-corrected chi connectivity index (χ2v) is 11.0. The average molecular weight is 558 g/mol. The number of benzene rings is 1. The van der Waals surface area contributed by atoms with Crippen LogP contribution in [0.25, 0.3) is 6.08 Å². The lowest BCUT2D eigenvalue weighted by atomic mass is 10.2. The number of thiocarbonyl (C=S) groups is 1. The molecule has 1 atom stereocenters. The van der Waals surface area contributed by atoms with Crippen LogP contribution in [-0.2, 0) is 11.3 Å². The highest BCUT2D eigenvalue weighted by Crippen LogP contribution is 2.35. The fourth-order valence-electron chi connectivity index (χ4n) is 2.90.